The summed E-state index contributed by atoms with van der Waals surface area (Å²) in [5, 5.41) is 0. The fourth-order valence-corrected chi connectivity index (χ4v) is 1.82. The summed E-state index contributed by atoms with van der Waals surface area (Å²) in [6.07, 6.45) is 2.13. The van der Waals surface area contributed by atoms with Crippen molar-refractivity contribution in [2.75, 3.05) is 26.0 Å². The van der Waals surface area contributed by atoms with Crippen molar-refractivity contribution in [2.24, 2.45) is 0 Å². The van der Waals surface area contributed by atoms with Gasteiger partial charge in [-0.1, -0.05) is 18.2 Å². The smallest absolute Gasteiger partial charge is 0.204 e. The van der Waals surface area contributed by atoms with Crippen LogP contribution in [0, 0.1) is 10.2 Å². The Morgan fingerprint density at radius 3 is 1.78 bits per heavy atom. The van der Waals surface area contributed by atoms with E-state index in [1.54, 1.807) is 0 Å². The van der Waals surface area contributed by atoms with Gasteiger partial charge < -0.3 is 4.90 Å². The molecule has 6 nitrogen and oxygen atoms in total. The lowest BCUT2D eigenvalue weighted by Crippen LogP contribution is -2.68. The SMILES string of the molecule is CN(C)c1ccc(C=[N+](C)c2ccccc2)cc1.[O-][Cl+3]([O-])([O-])[O-]. The highest BCUT2D eigenvalue weighted by Crippen LogP contribution is 2.12. The van der Waals surface area contributed by atoms with Crippen molar-refractivity contribution < 1.29 is 33.5 Å². The van der Waals surface area contributed by atoms with Crippen LogP contribution in [0.3, 0.4) is 0 Å². The van der Waals surface area contributed by atoms with E-state index in [-0.39, 0.29) is 0 Å². The third-order valence-electron chi connectivity index (χ3n) is 2.92. The number of benzene rings is 2. The van der Waals surface area contributed by atoms with Crippen LogP contribution in [0.4, 0.5) is 11.4 Å². The van der Waals surface area contributed by atoms with Gasteiger partial charge in [-0.05, 0) is 24.3 Å². The zero-order valence-corrected chi connectivity index (χ0v) is 13.9. The van der Waals surface area contributed by atoms with Crippen LogP contribution < -0.4 is 23.5 Å². The Morgan fingerprint density at radius 1 is 0.870 bits per heavy atom. The van der Waals surface area contributed by atoms with Crippen molar-refractivity contribution in [1.29, 1.82) is 0 Å². The van der Waals surface area contributed by atoms with E-state index in [0.717, 1.165) is 0 Å². The van der Waals surface area contributed by atoms with Gasteiger partial charge in [0.2, 0.25) is 5.69 Å². The zero-order chi connectivity index (χ0) is 17.5. The third kappa shape index (κ3) is 8.29. The molecule has 2 aromatic carbocycles. The predicted molar refractivity (Wildman–Crippen MR) is 78.2 cm³/mol. The summed E-state index contributed by atoms with van der Waals surface area (Å²) in [4.78, 5) is 2.10. The molecule has 23 heavy (non-hydrogen) atoms. The minimum atomic E-state index is -4.94. The molecule has 0 aliphatic carbocycles. The van der Waals surface area contributed by atoms with Crippen LogP contribution in [0.25, 0.3) is 0 Å². The highest BCUT2D eigenvalue weighted by atomic mass is 35.7. The van der Waals surface area contributed by atoms with E-state index in [2.05, 4.69) is 85.4 Å². The first-order valence-electron chi connectivity index (χ1n) is 6.68. The van der Waals surface area contributed by atoms with Crippen molar-refractivity contribution in [3.05, 3.63) is 60.2 Å². The van der Waals surface area contributed by atoms with Gasteiger partial charge in [0.05, 0.1) is 0 Å². The molecule has 7 heteroatoms. The van der Waals surface area contributed by atoms with Crippen LogP contribution in [0.15, 0.2) is 54.6 Å². The van der Waals surface area contributed by atoms with E-state index < -0.39 is 10.2 Å². The van der Waals surface area contributed by atoms with E-state index in [0.29, 0.717) is 0 Å². The molecule has 0 aliphatic rings. The Kier molecular flexibility index (Phi) is 7.15. The van der Waals surface area contributed by atoms with Crippen LogP contribution in [-0.4, -0.2) is 31.9 Å². The monoisotopic (exact) mass is 338 g/mol. The number of nitrogens with zero attached hydrogens (tertiary/aromatic N) is 2. The summed E-state index contributed by atoms with van der Waals surface area (Å²) in [6.45, 7) is 0. The summed E-state index contributed by atoms with van der Waals surface area (Å²) in [5.74, 6) is 0. The van der Waals surface area contributed by atoms with E-state index >= 15 is 0 Å². The number of hydrogen-bond donors (Lipinski definition) is 0. The summed E-state index contributed by atoms with van der Waals surface area (Å²) in [6, 6.07) is 18.9. The Balaban J connectivity index is 0.000000463. The number of hydrogen-bond acceptors (Lipinski definition) is 5. The minimum Gasteiger partial charge on any atom is -0.378 e. The second-order valence-corrected chi connectivity index (χ2v) is 5.70. The van der Waals surface area contributed by atoms with E-state index in [1.807, 2.05) is 6.07 Å². The van der Waals surface area contributed by atoms with Gasteiger partial charge in [-0.3, -0.25) is 0 Å². The van der Waals surface area contributed by atoms with Gasteiger partial charge in [0, 0.05) is 37.5 Å². The van der Waals surface area contributed by atoms with Crippen molar-refractivity contribution >= 4 is 17.6 Å². The van der Waals surface area contributed by atoms with Crippen molar-refractivity contribution in [3.63, 3.8) is 0 Å². The topological polar surface area (TPSA) is 98.5 Å². The molecule has 0 aliphatic heterocycles. The number of halogens is 1. The van der Waals surface area contributed by atoms with Gasteiger partial charge >= 0.3 is 0 Å². The molecule has 124 valence electrons. The molecular formula is C16H19ClN2O4. The number of rotatable bonds is 3. The molecule has 0 spiro atoms. The van der Waals surface area contributed by atoms with Gasteiger partial charge in [0.1, 0.15) is 7.05 Å². The zero-order valence-electron chi connectivity index (χ0n) is 13.2. The molecule has 0 bridgehead atoms. The lowest BCUT2D eigenvalue weighted by atomic mass is 10.2. The van der Waals surface area contributed by atoms with Crippen molar-refractivity contribution in [3.8, 4) is 0 Å². The molecule has 0 saturated heterocycles. The maximum absolute atomic E-state index is 8.49. The van der Waals surface area contributed by atoms with Crippen LogP contribution >= 0.6 is 0 Å². The lowest BCUT2D eigenvalue weighted by Gasteiger charge is -2.17. The second kappa shape index (κ2) is 8.61. The summed E-state index contributed by atoms with van der Waals surface area (Å²) in [7, 11) is 1.22. The molecule has 0 aromatic heterocycles. The second-order valence-electron chi connectivity index (χ2n) is 4.94. The van der Waals surface area contributed by atoms with Crippen LogP contribution in [0.1, 0.15) is 5.56 Å². The van der Waals surface area contributed by atoms with Gasteiger partial charge in [-0.15, -0.1) is 10.2 Å². The highest BCUT2D eigenvalue weighted by Gasteiger charge is 2.02. The number of para-hydroxylation sites is 1. The Morgan fingerprint density at radius 2 is 1.35 bits per heavy atom. The fraction of sp³-hybridized carbons (Fsp3) is 0.188. The normalized spacial score (nSPS) is 11.5. The van der Waals surface area contributed by atoms with Crippen LogP contribution in [0.2, 0.25) is 0 Å². The van der Waals surface area contributed by atoms with E-state index in [9.17, 15) is 0 Å². The molecule has 0 radical (unpaired) electrons. The molecule has 2 aromatic rings. The maximum Gasteiger partial charge on any atom is 0.204 e. The van der Waals surface area contributed by atoms with Gasteiger partial charge in [0.15, 0.2) is 6.21 Å². The average molecular weight is 339 g/mol. The van der Waals surface area contributed by atoms with Gasteiger partial charge in [-0.2, -0.15) is 0 Å². The highest BCUT2D eigenvalue weighted by molar-refractivity contribution is 5.77. The fourth-order valence-electron chi connectivity index (χ4n) is 1.82. The number of anilines is 1. The molecule has 2 rings (SSSR count). The minimum absolute atomic E-state index is 1.19. The molecule has 0 fully saturated rings. The first kappa shape index (κ1) is 19.1. The van der Waals surface area contributed by atoms with Gasteiger partial charge in [0.25, 0.3) is 0 Å². The lowest BCUT2D eigenvalue weighted by molar-refractivity contribution is -2.00. The van der Waals surface area contributed by atoms with E-state index in [4.69, 9.17) is 18.6 Å². The molecule has 0 amide bonds. The molecule has 0 heterocycles. The van der Waals surface area contributed by atoms with Crippen molar-refractivity contribution in [2.45, 2.75) is 0 Å². The van der Waals surface area contributed by atoms with Crippen LogP contribution in [-0.2, 0) is 0 Å². The third-order valence-corrected chi connectivity index (χ3v) is 2.92. The Hall–Kier alpha value is -1.96. The quantitative estimate of drug-likeness (QED) is 0.495. The van der Waals surface area contributed by atoms with Gasteiger partial charge in [-0.25, -0.2) is 23.2 Å². The molecular weight excluding hydrogens is 320 g/mol. The summed E-state index contributed by atoms with van der Waals surface area (Å²) < 4.78 is 36.1. The first-order valence-corrected chi connectivity index (χ1v) is 7.92. The molecule has 0 N–H and O–H groups in total. The Bertz CT molecular complexity index is 617. The van der Waals surface area contributed by atoms with Crippen molar-refractivity contribution in [1.82, 2.24) is 0 Å². The van der Waals surface area contributed by atoms with Crippen LogP contribution in [0.5, 0.6) is 0 Å². The van der Waals surface area contributed by atoms with E-state index in [1.165, 1.54) is 16.9 Å². The standard InChI is InChI=1S/C16H19N2.ClHO4/c1-17(2)15-11-9-14(10-12-15)13-18(3)16-7-5-4-6-8-16;2-1(3,4)5/h4-13H,1-3H3;(H,2,3,4,5)/q+1;/p-1. The molecule has 0 saturated carbocycles. The summed E-state index contributed by atoms with van der Waals surface area (Å²) >= 11 is 0. The summed E-state index contributed by atoms with van der Waals surface area (Å²) in [5.41, 5.74) is 3.61. The molecule has 0 atom stereocenters. The Labute approximate surface area is 137 Å². The average Bonchev–Trinajstić information content (AvgIpc) is 2.47. The largest absolute Gasteiger partial charge is 0.378 e. The maximum atomic E-state index is 8.49. The predicted octanol–water partition coefficient (Wildman–Crippen LogP) is -1.61. The molecule has 0 unspecified atom stereocenters. The first-order chi connectivity index (χ1) is 10.7.